The summed E-state index contributed by atoms with van der Waals surface area (Å²) >= 11 is 0. The van der Waals surface area contributed by atoms with E-state index >= 15 is 0 Å². The van der Waals surface area contributed by atoms with Crippen molar-refractivity contribution in [2.24, 2.45) is 0 Å². The molecule has 0 aliphatic carbocycles. The molecule has 0 amide bonds. The van der Waals surface area contributed by atoms with Gasteiger partial charge in [0.05, 0.1) is 12.7 Å². The minimum Gasteiger partial charge on any atom is -0.496 e. The van der Waals surface area contributed by atoms with Crippen LogP contribution in [0, 0.1) is 0 Å². The van der Waals surface area contributed by atoms with Gasteiger partial charge in [-0.1, -0.05) is 13.0 Å². The van der Waals surface area contributed by atoms with Crippen molar-refractivity contribution in [3.8, 4) is 5.75 Å². The third-order valence-corrected chi connectivity index (χ3v) is 4.00. The molecule has 0 bridgehead atoms. The van der Waals surface area contributed by atoms with Crippen molar-refractivity contribution >= 4 is 5.69 Å². The van der Waals surface area contributed by atoms with Gasteiger partial charge in [0.2, 0.25) is 0 Å². The molecule has 0 spiro atoms. The summed E-state index contributed by atoms with van der Waals surface area (Å²) < 4.78 is 5.54. The molecule has 0 aromatic heterocycles. The number of ether oxygens (including phenoxy) is 1. The Hall–Kier alpha value is -1.26. The maximum absolute atomic E-state index is 10.2. The van der Waals surface area contributed by atoms with Crippen LogP contribution in [0.3, 0.4) is 0 Å². The highest BCUT2D eigenvalue weighted by molar-refractivity contribution is 5.61. The summed E-state index contributed by atoms with van der Waals surface area (Å²) in [5.74, 6) is 0.905. The number of nitrogens with zero attached hydrogens (tertiary/aromatic N) is 1. The summed E-state index contributed by atoms with van der Waals surface area (Å²) in [5, 5.41) is 13.6. The van der Waals surface area contributed by atoms with Gasteiger partial charge in [0.15, 0.2) is 0 Å². The Morgan fingerprint density at radius 2 is 2.25 bits per heavy atom. The van der Waals surface area contributed by atoms with Crippen LogP contribution >= 0.6 is 0 Å². The lowest BCUT2D eigenvalue weighted by molar-refractivity contribution is 0.0839. The molecule has 1 saturated heterocycles. The fourth-order valence-electron chi connectivity index (χ4n) is 2.98. The number of methoxy groups -OCH3 is 1. The average molecular weight is 278 g/mol. The second kappa shape index (κ2) is 6.02. The summed E-state index contributed by atoms with van der Waals surface area (Å²) in [6.07, 6.45) is 0.805. The highest BCUT2D eigenvalue weighted by atomic mass is 16.5. The zero-order valence-electron chi connectivity index (χ0n) is 12.9. The van der Waals surface area contributed by atoms with E-state index in [1.807, 2.05) is 19.1 Å². The third-order valence-electron chi connectivity index (χ3n) is 4.00. The number of anilines is 1. The van der Waals surface area contributed by atoms with Gasteiger partial charge in [-0.15, -0.1) is 0 Å². The predicted molar refractivity (Wildman–Crippen MR) is 82.5 cm³/mol. The maximum atomic E-state index is 10.2. The van der Waals surface area contributed by atoms with E-state index in [4.69, 9.17) is 4.74 Å². The molecule has 112 valence electrons. The lowest BCUT2D eigenvalue weighted by atomic mass is 10.0. The van der Waals surface area contributed by atoms with E-state index in [1.165, 1.54) is 5.56 Å². The lowest BCUT2D eigenvalue weighted by Crippen LogP contribution is -2.31. The number of rotatable bonds is 5. The quantitative estimate of drug-likeness (QED) is 0.867. The van der Waals surface area contributed by atoms with E-state index in [0.717, 1.165) is 30.9 Å². The van der Waals surface area contributed by atoms with Crippen molar-refractivity contribution in [1.29, 1.82) is 0 Å². The third kappa shape index (κ3) is 3.07. The lowest BCUT2D eigenvalue weighted by Gasteiger charge is -2.27. The van der Waals surface area contributed by atoms with Crippen LogP contribution in [-0.2, 0) is 0 Å². The van der Waals surface area contributed by atoms with Gasteiger partial charge >= 0.3 is 0 Å². The highest BCUT2D eigenvalue weighted by Gasteiger charge is 2.33. The first-order valence-corrected chi connectivity index (χ1v) is 7.36. The Kier molecular flexibility index (Phi) is 4.55. The Balaban J connectivity index is 2.37. The van der Waals surface area contributed by atoms with Crippen molar-refractivity contribution < 1.29 is 9.84 Å². The predicted octanol–water partition coefficient (Wildman–Crippen LogP) is 2.33. The van der Waals surface area contributed by atoms with Gasteiger partial charge in [-0.05, 0) is 38.9 Å². The van der Waals surface area contributed by atoms with E-state index in [9.17, 15) is 5.11 Å². The maximum Gasteiger partial charge on any atom is 0.125 e. The van der Waals surface area contributed by atoms with Gasteiger partial charge < -0.3 is 20.1 Å². The highest BCUT2D eigenvalue weighted by Crippen LogP contribution is 2.37. The normalized spacial score (nSPS) is 23.9. The molecule has 20 heavy (non-hydrogen) atoms. The van der Waals surface area contributed by atoms with Crippen LogP contribution in [0.25, 0.3) is 0 Å². The SMILES string of the molecule is CCNC(C)c1c(OC)cccc1N1CCC(C)(O)C1. The van der Waals surface area contributed by atoms with Gasteiger partial charge in [-0.2, -0.15) is 0 Å². The number of benzene rings is 1. The molecule has 2 atom stereocenters. The summed E-state index contributed by atoms with van der Waals surface area (Å²) in [4.78, 5) is 2.26. The van der Waals surface area contributed by atoms with E-state index in [2.05, 4.69) is 30.1 Å². The largest absolute Gasteiger partial charge is 0.496 e. The van der Waals surface area contributed by atoms with E-state index in [1.54, 1.807) is 7.11 Å². The van der Waals surface area contributed by atoms with Crippen LogP contribution in [0.5, 0.6) is 5.75 Å². The van der Waals surface area contributed by atoms with Crippen LogP contribution in [-0.4, -0.2) is 37.5 Å². The Labute approximate surface area is 121 Å². The molecule has 1 heterocycles. The van der Waals surface area contributed by atoms with Crippen molar-refractivity contribution in [2.45, 2.75) is 38.8 Å². The van der Waals surface area contributed by atoms with Crippen molar-refractivity contribution in [2.75, 3.05) is 31.6 Å². The second-order valence-corrected chi connectivity index (χ2v) is 5.84. The number of hydrogen-bond donors (Lipinski definition) is 2. The molecule has 4 heteroatoms. The molecular formula is C16H26N2O2. The molecule has 2 rings (SSSR count). The van der Waals surface area contributed by atoms with Crippen molar-refractivity contribution in [3.63, 3.8) is 0 Å². The van der Waals surface area contributed by atoms with E-state index < -0.39 is 5.60 Å². The Morgan fingerprint density at radius 1 is 1.50 bits per heavy atom. The zero-order chi connectivity index (χ0) is 14.8. The fourth-order valence-corrected chi connectivity index (χ4v) is 2.98. The molecule has 2 unspecified atom stereocenters. The molecule has 2 N–H and O–H groups in total. The standard InChI is InChI=1S/C16H26N2O2/c1-5-17-12(2)15-13(7-6-8-14(15)20-4)18-10-9-16(3,19)11-18/h6-8,12,17,19H,5,9-11H2,1-4H3. The van der Waals surface area contributed by atoms with Gasteiger partial charge in [-0.3, -0.25) is 0 Å². The molecular weight excluding hydrogens is 252 g/mol. The van der Waals surface area contributed by atoms with Gasteiger partial charge in [0, 0.05) is 30.4 Å². The van der Waals surface area contributed by atoms with Gasteiger partial charge in [0.1, 0.15) is 5.75 Å². The molecule has 0 radical (unpaired) electrons. The van der Waals surface area contributed by atoms with Crippen LogP contribution in [0.4, 0.5) is 5.69 Å². The smallest absolute Gasteiger partial charge is 0.125 e. The van der Waals surface area contributed by atoms with E-state index in [0.29, 0.717) is 6.54 Å². The van der Waals surface area contributed by atoms with E-state index in [-0.39, 0.29) is 6.04 Å². The van der Waals surface area contributed by atoms with Crippen LogP contribution in [0.1, 0.15) is 38.8 Å². The fraction of sp³-hybridized carbons (Fsp3) is 0.625. The summed E-state index contributed by atoms with van der Waals surface area (Å²) in [6.45, 7) is 8.63. The number of β-amino-alcohol motifs (C(OH)–C–C–N with tert-alkyl or cyclic N) is 1. The first-order chi connectivity index (χ1) is 9.48. The van der Waals surface area contributed by atoms with Crippen LogP contribution in [0.2, 0.25) is 0 Å². The van der Waals surface area contributed by atoms with Gasteiger partial charge in [-0.25, -0.2) is 0 Å². The van der Waals surface area contributed by atoms with Crippen molar-refractivity contribution in [1.82, 2.24) is 5.32 Å². The summed E-state index contributed by atoms with van der Waals surface area (Å²) in [5.41, 5.74) is 1.74. The average Bonchev–Trinajstić information content (AvgIpc) is 2.78. The molecule has 1 aromatic rings. The summed E-state index contributed by atoms with van der Waals surface area (Å²) in [6, 6.07) is 6.36. The molecule has 1 aromatic carbocycles. The monoisotopic (exact) mass is 278 g/mol. The van der Waals surface area contributed by atoms with Crippen LogP contribution < -0.4 is 15.0 Å². The molecule has 1 fully saturated rings. The molecule has 4 nitrogen and oxygen atoms in total. The Morgan fingerprint density at radius 3 is 2.80 bits per heavy atom. The first-order valence-electron chi connectivity index (χ1n) is 7.36. The first kappa shape index (κ1) is 15.1. The second-order valence-electron chi connectivity index (χ2n) is 5.84. The molecule has 0 saturated carbocycles. The topological polar surface area (TPSA) is 44.7 Å². The number of aliphatic hydroxyl groups is 1. The number of nitrogens with one attached hydrogen (secondary N) is 1. The minimum absolute atomic E-state index is 0.219. The number of hydrogen-bond acceptors (Lipinski definition) is 4. The molecule has 1 aliphatic heterocycles. The minimum atomic E-state index is -0.595. The zero-order valence-corrected chi connectivity index (χ0v) is 12.9. The van der Waals surface area contributed by atoms with Crippen molar-refractivity contribution in [3.05, 3.63) is 23.8 Å². The van der Waals surface area contributed by atoms with Crippen LogP contribution in [0.15, 0.2) is 18.2 Å². The Bertz CT molecular complexity index is 460. The summed E-state index contributed by atoms with van der Waals surface area (Å²) in [7, 11) is 1.71. The molecule has 1 aliphatic rings. The van der Waals surface area contributed by atoms with Gasteiger partial charge in [0.25, 0.3) is 0 Å².